The van der Waals surface area contributed by atoms with Crippen LogP contribution in [0.5, 0.6) is 0 Å². The van der Waals surface area contributed by atoms with Crippen LogP contribution in [0.4, 0.5) is 5.82 Å². The number of carbonyl (C=O) groups is 1. The van der Waals surface area contributed by atoms with Crippen LogP contribution >= 0.6 is 0 Å². The molecular weight excluding hydrogens is 280 g/mol. The van der Waals surface area contributed by atoms with E-state index >= 15 is 0 Å². The molecule has 1 aliphatic rings. The second-order valence-corrected chi connectivity index (χ2v) is 5.25. The van der Waals surface area contributed by atoms with E-state index in [4.69, 9.17) is 10.5 Å². The third kappa shape index (κ3) is 3.07. The average Bonchev–Trinajstić information content (AvgIpc) is 3.02. The van der Waals surface area contributed by atoms with Crippen LogP contribution in [0.3, 0.4) is 0 Å². The summed E-state index contributed by atoms with van der Waals surface area (Å²) in [6.45, 7) is 1.22. The summed E-state index contributed by atoms with van der Waals surface area (Å²) in [7, 11) is 0. The normalized spacial score (nSPS) is 20.7. The molecule has 3 N–H and O–H groups in total. The summed E-state index contributed by atoms with van der Waals surface area (Å²) in [6, 6.07) is 10.1. The summed E-state index contributed by atoms with van der Waals surface area (Å²) in [5, 5.41) is 2.88. The number of anilines is 1. The number of nitrogens with one attached hydrogen (secondary N) is 1. The lowest BCUT2D eigenvalue weighted by Gasteiger charge is -2.19. The number of nitrogens with two attached hydrogens (primary N) is 1. The minimum atomic E-state index is -0.302. The molecule has 1 aromatic carbocycles. The van der Waals surface area contributed by atoms with Crippen molar-refractivity contribution < 1.29 is 9.53 Å². The second-order valence-electron chi connectivity index (χ2n) is 5.25. The topological polar surface area (TPSA) is 90.1 Å². The first-order valence-corrected chi connectivity index (χ1v) is 7.27. The van der Waals surface area contributed by atoms with Gasteiger partial charge in [0.25, 0.3) is 5.91 Å². The van der Waals surface area contributed by atoms with Crippen molar-refractivity contribution in [2.45, 2.75) is 12.5 Å². The van der Waals surface area contributed by atoms with Gasteiger partial charge in [0.1, 0.15) is 0 Å². The van der Waals surface area contributed by atoms with E-state index in [9.17, 15) is 4.79 Å². The Labute approximate surface area is 128 Å². The van der Waals surface area contributed by atoms with Crippen LogP contribution in [-0.4, -0.2) is 29.0 Å². The van der Waals surface area contributed by atoms with Gasteiger partial charge < -0.3 is 15.8 Å². The third-order valence-electron chi connectivity index (χ3n) is 3.81. The van der Waals surface area contributed by atoms with Crippen molar-refractivity contribution in [1.29, 1.82) is 0 Å². The first kappa shape index (κ1) is 14.5. The minimum Gasteiger partial charge on any atom is -0.382 e. The molecular formula is C16H18N4O2. The Morgan fingerprint density at radius 1 is 1.27 bits per heavy atom. The lowest BCUT2D eigenvalue weighted by molar-refractivity contribution is 0.0844. The number of hydrogen-bond acceptors (Lipinski definition) is 5. The first-order valence-electron chi connectivity index (χ1n) is 7.27. The maximum atomic E-state index is 12.1. The Morgan fingerprint density at radius 3 is 2.82 bits per heavy atom. The fraction of sp³-hybridized carbons (Fsp3) is 0.312. The molecule has 0 saturated carbocycles. The number of ether oxygens (including phenoxy) is 1. The predicted molar refractivity (Wildman–Crippen MR) is 82.0 cm³/mol. The van der Waals surface area contributed by atoms with Gasteiger partial charge >= 0.3 is 0 Å². The fourth-order valence-electron chi connectivity index (χ4n) is 2.69. The van der Waals surface area contributed by atoms with E-state index in [-0.39, 0.29) is 29.4 Å². The molecule has 1 aromatic heterocycles. The molecule has 3 rings (SSSR count). The van der Waals surface area contributed by atoms with Gasteiger partial charge in [0.05, 0.1) is 6.10 Å². The van der Waals surface area contributed by atoms with Gasteiger partial charge in [-0.1, -0.05) is 30.3 Å². The number of aromatic nitrogens is 2. The summed E-state index contributed by atoms with van der Waals surface area (Å²) >= 11 is 0. The first-order chi connectivity index (χ1) is 10.8. The van der Waals surface area contributed by atoms with Crippen LogP contribution in [0.25, 0.3) is 0 Å². The van der Waals surface area contributed by atoms with Crippen molar-refractivity contribution >= 4 is 11.7 Å². The van der Waals surface area contributed by atoms with Gasteiger partial charge in [-0.05, 0) is 12.0 Å². The number of hydrogen-bond donors (Lipinski definition) is 2. The van der Waals surface area contributed by atoms with Crippen LogP contribution in [0.2, 0.25) is 0 Å². The zero-order valence-electron chi connectivity index (χ0n) is 12.1. The zero-order chi connectivity index (χ0) is 15.4. The van der Waals surface area contributed by atoms with E-state index in [0.29, 0.717) is 13.2 Å². The standard InChI is InChI=1S/C16H18N4O2/c17-15-13(18-7-8-19-15)16(21)20-10-12-6-9-22-14(12)11-4-2-1-3-5-11/h1-5,7-8,12,14H,6,9-10H2,(H2,17,19)(H,20,21)/t12-,14-/m1/s1. The van der Waals surface area contributed by atoms with E-state index in [1.54, 1.807) is 0 Å². The van der Waals surface area contributed by atoms with Crippen molar-refractivity contribution in [2.24, 2.45) is 5.92 Å². The average molecular weight is 298 g/mol. The van der Waals surface area contributed by atoms with Gasteiger partial charge in [-0.15, -0.1) is 0 Å². The maximum absolute atomic E-state index is 12.1. The number of nitrogen functional groups attached to an aromatic ring is 1. The second kappa shape index (κ2) is 6.53. The van der Waals surface area contributed by atoms with Crippen molar-refractivity contribution in [2.75, 3.05) is 18.9 Å². The van der Waals surface area contributed by atoms with Crippen LogP contribution in [0.1, 0.15) is 28.6 Å². The molecule has 1 aliphatic heterocycles. The Hall–Kier alpha value is -2.47. The summed E-state index contributed by atoms with van der Waals surface area (Å²) in [4.78, 5) is 20.0. The molecule has 114 valence electrons. The van der Waals surface area contributed by atoms with Gasteiger partial charge in [-0.3, -0.25) is 4.79 Å². The van der Waals surface area contributed by atoms with Gasteiger partial charge in [0.15, 0.2) is 11.5 Å². The Morgan fingerprint density at radius 2 is 2.05 bits per heavy atom. The SMILES string of the molecule is Nc1nccnc1C(=O)NC[C@H]1CCO[C@@H]1c1ccccc1. The molecule has 2 atom stereocenters. The molecule has 1 saturated heterocycles. The number of nitrogens with zero attached hydrogens (tertiary/aromatic N) is 2. The molecule has 2 aromatic rings. The number of carbonyl (C=O) groups excluding carboxylic acids is 1. The van der Waals surface area contributed by atoms with E-state index in [1.807, 2.05) is 30.3 Å². The van der Waals surface area contributed by atoms with Gasteiger partial charge in [0.2, 0.25) is 0 Å². The lowest BCUT2D eigenvalue weighted by Crippen LogP contribution is -2.31. The molecule has 2 heterocycles. The van der Waals surface area contributed by atoms with E-state index in [0.717, 1.165) is 12.0 Å². The highest BCUT2D eigenvalue weighted by atomic mass is 16.5. The lowest BCUT2D eigenvalue weighted by atomic mass is 9.95. The van der Waals surface area contributed by atoms with E-state index in [2.05, 4.69) is 15.3 Å². The van der Waals surface area contributed by atoms with Gasteiger partial charge in [-0.25, -0.2) is 9.97 Å². The highest BCUT2D eigenvalue weighted by Crippen LogP contribution is 2.33. The van der Waals surface area contributed by atoms with Gasteiger partial charge in [0, 0.05) is 31.5 Å². The van der Waals surface area contributed by atoms with Crippen LogP contribution < -0.4 is 11.1 Å². The smallest absolute Gasteiger partial charge is 0.273 e. The summed E-state index contributed by atoms with van der Waals surface area (Å²) in [6.07, 6.45) is 3.84. The Balaban J connectivity index is 1.64. The number of benzene rings is 1. The molecule has 0 spiro atoms. The third-order valence-corrected chi connectivity index (χ3v) is 3.81. The van der Waals surface area contributed by atoms with Gasteiger partial charge in [-0.2, -0.15) is 0 Å². The van der Waals surface area contributed by atoms with E-state index < -0.39 is 0 Å². The zero-order valence-corrected chi connectivity index (χ0v) is 12.1. The summed E-state index contributed by atoms with van der Waals surface area (Å²) < 4.78 is 5.81. The Bertz CT molecular complexity index is 648. The number of amides is 1. The molecule has 0 aliphatic carbocycles. The molecule has 6 heteroatoms. The minimum absolute atomic E-state index is 0.0145. The maximum Gasteiger partial charge on any atom is 0.273 e. The van der Waals surface area contributed by atoms with Crippen molar-refractivity contribution in [3.63, 3.8) is 0 Å². The highest BCUT2D eigenvalue weighted by molar-refractivity contribution is 5.96. The predicted octanol–water partition coefficient (Wildman–Crippen LogP) is 1.57. The van der Waals surface area contributed by atoms with Crippen molar-refractivity contribution in [3.05, 3.63) is 54.0 Å². The molecule has 6 nitrogen and oxygen atoms in total. The van der Waals surface area contributed by atoms with Crippen LogP contribution in [0, 0.1) is 5.92 Å². The van der Waals surface area contributed by atoms with Crippen LogP contribution in [-0.2, 0) is 4.74 Å². The van der Waals surface area contributed by atoms with Crippen LogP contribution in [0.15, 0.2) is 42.7 Å². The molecule has 22 heavy (non-hydrogen) atoms. The Kier molecular flexibility index (Phi) is 4.29. The number of rotatable bonds is 4. The molecule has 0 bridgehead atoms. The quantitative estimate of drug-likeness (QED) is 0.894. The largest absolute Gasteiger partial charge is 0.382 e. The summed E-state index contributed by atoms with van der Waals surface area (Å²) in [5.74, 6) is 0.0795. The molecule has 0 unspecified atom stereocenters. The monoisotopic (exact) mass is 298 g/mol. The highest BCUT2D eigenvalue weighted by Gasteiger charge is 2.30. The summed E-state index contributed by atoms with van der Waals surface area (Å²) in [5.41, 5.74) is 6.97. The molecule has 1 amide bonds. The van der Waals surface area contributed by atoms with Crippen molar-refractivity contribution in [1.82, 2.24) is 15.3 Å². The van der Waals surface area contributed by atoms with E-state index in [1.165, 1.54) is 12.4 Å². The molecule has 1 fully saturated rings. The van der Waals surface area contributed by atoms with Crippen molar-refractivity contribution in [3.8, 4) is 0 Å². The fourth-order valence-corrected chi connectivity index (χ4v) is 2.69. The molecule has 0 radical (unpaired) electrons.